The lowest BCUT2D eigenvalue weighted by molar-refractivity contribution is 0.101. The van der Waals surface area contributed by atoms with E-state index in [0.717, 1.165) is 0 Å². The molecule has 0 aliphatic heterocycles. The highest BCUT2D eigenvalue weighted by Gasteiger charge is 2.03. The molecule has 0 aliphatic rings. The molecule has 1 aromatic heterocycles. The molecular weight excluding hydrogens is 221 g/mol. The summed E-state index contributed by atoms with van der Waals surface area (Å²) in [5, 5.41) is 0. The maximum Gasteiger partial charge on any atom is 0.178 e. The van der Waals surface area contributed by atoms with Crippen LogP contribution >= 0.6 is 0 Å². The van der Waals surface area contributed by atoms with Crippen molar-refractivity contribution in [2.45, 2.75) is 6.92 Å². The molecular formula is C13H10FNO2. The summed E-state index contributed by atoms with van der Waals surface area (Å²) in [5.74, 6) is 0.551. The fourth-order valence-electron chi connectivity index (χ4n) is 1.31. The van der Waals surface area contributed by atoms with Gasteiger partial charge in [-0.05, 0) is 30.3 Å². The Bertz CT molecular complexity index is 537. The van der Waals surface area contributed by atoms with Crippen molar-refractivity contribution < 1.29 is 13.9 Å². The van der Waals surface area contributed by atoms with E-state index in [-0.39, 0.29) is 11.6 Å². The van der Waals surface area contributed by atoms with Crippen molar-refractivity contribution >= 4 is 5.78 Å². The highest BCUT2D eigenvalue weighted by Crippen LogP contribution is 2.21. The monoisotopic (exact) mass is 231 g/mol. The van der Waals surface area contributed by atoms with Crippen molar-refractivity contribution in [2.75, 3.05) is 0 Å². The van der Waals surface area contributed by atoms with E-state index in [4.69, 9.17) is 4.74 Å². The van der Waals surface area contributed by atoms with Crippen LogP contribution in [0.5, 0.6) is 11.5 Å². The van der Waals surface area contributed by atoms with Gasteiger partial charge in [-0.25, -0.2) is 4.39 Å². The molecule has 0 amide bonds. The smallest absolute Gasteiger partial charge is 0.178 e. The van der Waals surface area contributed by atoms with E-state index < -0.39 is 0 Å². The number of carbonyl (C=O) groups is 1. The van der Waals surface area contributed by atoms with Crippen molar-refractivity contribution in [3.05, 3.63) is 54.1 Å². The van der Waals surface area contributed by atoms with Gasteiger partial charge in [0.1, 0.15) is 23.0 Å². The molecule has 1 heterocycles. The molecule has 17 heavy (non-hydrogen) atoms. The van der Waals surface area contributed by atoms with Crippen molar-refractivity contribution in [1.29, 1.82) is 0 Å². The number of nitrogens with zero attached hydrogens (tertiary/aromatic N) is 1. The summed E-state index contributed by atoms with van der Waals surface area (Å²) in [4.78, 5) is 15.0. The van der Waals surface area contributed by atoms with Crippen LogP contribution < -0.4 is 4.74 Å². The molecule has 1 aromatic carbocycles. The summed E-state index contributed by atoms with van der Waals surface area (Å²) in [6, 6.07) is 8.83. The summed E-state index contributed by atoms with van der Waals surface area (Å²) in [6.07, 6.45) is 1.50. The van der Waals surface area contributed by atoms with Gasteiger partial charge < -0.3 is 4.74 Å². The van der Waals surface area contributed by atoms with Crippen molar-refractivity contribution in [3.8, 4) is 11.5 Å². The van der Waals surface area contributed by atoms with Crippen LogP contribution in [-0.2, 0) is 0 Å². The second-order valence-corrected chi connectivity index (χ2v) is 3.49. The van der Waals surface area contributed by atoms with Crippen LogP contribution in [0.1, 0.15) is 17.4 Å². The van der Waals surface area contributed by atoms with Gasteiger partial charge in [0.25, 0.3) is 0 Å². The summed E-state index contributed by atoms with van der Waals surface area (Å²) in [5.41, 5.74) is 0.338. The Kier molecular flexibility index (Phi) is 3.14. The van der Waals surface area contributed by atoms with Crippen molar-refractivity contribution in [3.63, 3.8) is 0 Å². The molecule has 0 atom stereocenters. The number of aromatic nitrogens is 1. The average molecular weight is 231 g/mol. The summed E-state index contributed by atoms with van der Waals surface area (Å²) in [6.45, 7) is 1.43. The van der Waals surface area contributed by atoms with Gasteiger partial charge in [0.05, 0.1) is 0 Å². The van der Waals surface area contributed by atoms with Gasteiger partial charge in [-0.1, -0.05) is 0 Å². The molecule has 0 bridgehead atoms. The Hall–Kier alpha value is -2.23. The predicted octanol–water partition coefficient (Wildman–Crippen LogP) is 3.22. The number of hydrogen-bond acceptors (Lipinski definition) is 3. The number of halogens is 1. The molecule has 2 aromatic rings. The van der Waals surface area contributed by atoms with E-state index in [1.165, 1.54) is 37.4 Å². The number of carbonyl (C=O) groups excluding carboxylic acids is 1. The molecule has 0 N–H and O–H groups in total. The first-order chi connectivity index (χ1) is 8.15. The lowest BCUT2D eigenvalue weighted by Gasteiger charge is -2.05. The zero-order valence-corrected chi connectivity index (χ0v) is 9.18. The minimum absolute atomic E-state index is 0.130. The fraction of sp³-hybridized carbons (Fsp3) is 0.0769. The summed E-state index contributed by atoms with van der Waals surface area (Å²) in [7, 11) is 0. The number of pyridine rings is 1. The highest BCUT2D eigenvalue weighted by molar-refractivity contribution is 5.92. The van der Waals surface area contributed by atoms with Crippen LogP contribution in [0.3, 0.4) is 0 Å². The second kappa shape index (κ2) is 4.74. The van der Waals surface area contributed by atoms with Crippen LogP contribution in [0.15, 0.2) is 42.6 Å². The zero-order chi connectivity index (χ0) is 12.3. The zero-order valence-electron chi connectivity index (χ0n) is 9.18. The number of rotatable bonds is 3. The van der Waals surface area contributed by atoms with Crippen LogP contribution in [0.25, 0.3) is 0 Å². The third-order valence-corrected chi connectivity index (χ3v) is 2.14. The van der Waals surface area contributed by atoms with Gasteiger partial charge in [0.2, 0.25) is 0 Å². The molecule has 0 unspecified atom stereocenters. The number of ether oxygens (including phenoxy) is 1. The number of hydrogen-bond donors (Lipinski definition) is 0. The Balaban J connectivity index is 2.21. The minimum atomic E-state index is -0.323. The standard InChI is InChI=1S/C13H10FNO2/c1-9(16)13-8-12(6-7-15-13)17-11-4-2-10(14)3-5-11/h2-8H,1H3. The van der Waals surface area contributed by atoms with Gasteiger partial charge in [-0.3, -0.25) is 9.78 Å². The molecule has 0 spiro atoms. The summed E-state index contributed by atoms with van der Waals surface area (Å²) >= 11 is 0. The van der Waals surface area contributed by atoms with Crippen LogP contribution in [-0.4, -0.2) is 10.8 Å². The molecule has 0 saturated carbocycles. The van der Waals surface area contributed by atoms with E-state index in [1.807, 2.05) is 0 Å². The van der Waals surface area contributed by atoms with Gasteiger partial charge in [0.15, 0.2) is 5.78 Å². The SMILES string of the molecule is CC(=O)c1cc(Oc2ccc(F)cc2)ccn1. The van der Waals surface area contributed by atoms with Crippen molar-refractivity contribution in [1.82, 2.24) is 4.98 Å². The number of ketones is 1. The molecule has 2 rings (SSSR count). The van der Waals surface area contributed by atoms with Gasteiger partial charge >= 0.3 is 0 Å². The minimum Gasteiger partial charge on any atom is -0.457 e. The van der Waals surface area contributed by atoms with Gasteiger partial charge in [-0.2, -0.15) is 0 Å². The average Bonchev–Trinajstić information content (AvgIpc) is 2.32. The van der Waals surface area contributed by atoms with E-state index in [2.05, 4.69) is 4.98 Å². The quantitative estimate of drug-likeness (QED) is 0.761. The molecule has 4 heteroatoms. The Morgan fingerprint density at radius 3 is 2.53 bits per heavy atom. The molecule has 0 fully saturated rings. The first kappa shape index (κ1) is 11.3. The lowest BCUT2D eigenvalue weighted by Crippen LogP contribution is -1.96. The predicted molar refractivity (Wildman–Crippen MR) is 60.7 cm³/mol. The normalized spacial score (nSPS) is 10.0. The molecule has 0 saturated heterocycles. The Labute approximate surface area is 97.9 Å². The second-order valence-electron chi connectivity index (χ2n) is 3.49. The van der Waals surface area contributed by atoms with Gasteiger partial charge in [-0.15, -0.1) is 0 Å². The first-order valence-electron chi connectivity index (χ1n) is 5.05. The Morgan fingerprint density at radius 2 is 1.88 bits per heavy atom. The van der Waals surface area contributed by atoms with Crippen molar-refractivity contribution in [2.24, 2.45) is 0 Å². The first-order valence-corrected chi connectivity index (χ1v) is 5.05. The highest BCUT2D eigenvalue weighted by atomic mass is 19.1. The van der Waals surface area contributed by atoms with E-state index in [0.29, 0.717) is 17.2 Å². The van der Waals surface area contributed by atoms with Gasteiger partial charge in [0, 0.05) is 19.2 Å². The fourth-order valence-corrected chi connectivity index (χ4v) is 1.31. The lowest BCUT2D eigenvalue weighted by atomic mass is 10.2. The van der Waals surface area contributed by atoms with E-state index in [9.17, 15) is 9.18 Å². The molecule has 3 nitrogen and oxygen atoms in total. The number of Topliss-reactive ketones (excluding diaryl/α,β-unsaturated/α-hetero) is 1. The van der Waals surface area contributed by atoms with Crippen LogP contribution in [0, 0.1) is 5.82 Å². The maximum absolute atomic E-state index is 12.7. The van der Waals surface area contributed by atoms with Crippen LogP contribution in [0.2, 0.25) is 0 Å². The number of benzene rings is 1. The largest absolute Gasteiger partial charge is 0.457 e. The third-order valence-electron chi connectivity index (χ3n) is 2.14. The molecule has 86 valence electrons. The Morgan fingerprint density at radius 1 is 1.18 bits per heavy atom. The van der Waals surface area contributed by atoms with Crippen LogP contribution in [0.4, 0.5) is 4.39 Å². The van der Waals surface area contributed by atoms with E-state index in [1.54, 1.807) is 12.1 Å². The third kappa shape index (κ3) is 2.87. The molecule has 0 aliphatic carbocycles. The molecule has 0 radical (unpaired) electrons. The maximum atomic E-state index is 12.7. The summed E-state index contributed by atoms with van der Waals surface area (Å²) < 4.78 is 18.2. The van der Waals surface area contributed by atoms with E-state index >= 15 is 0 Å². The topological polar surface area (TPSA) is 39.2 Å².